The van der Waals surface area contributed by atoms with Crippen molar-refractivity contribution in [1.29, 1.82) is 0 Å². The van der Waals surface area contributed by atoms with Crippen molar-refractivity contribution in [3.8, 4) is 5.75 Å². The first-order chi connectivity index (χ1) is 16.0. The van der Waals surface area contributed by atoms with Gasteiger partial charge in [-0.3, -0.25) is 10.1 Å². The zero-order valence-electron chi connectivity index (χ0n) is 18.9. The number of nitrogens with one attached hydrogen (secondary N) is 2. The van der Waals surface area contributed by atoms with Gasteiger partial charge in [0.15, 0.2) is 17.1 Å². The Morgan fingerprint density at radius 3 is 2.67 bits per heavy atom. The van der Waals surface area contributed by atoms with Crippen molar-refractivity contribution < 1.29 is 14.2 Å². The standard InChI is InChI=1S/C24H26N6O3/c1-4-25-23-21-24(28-22(27-21)16(2)3)29(15-26-23)13-18-10-11-19(30(31)32)20(12-18)33-14-17-8-6-5-7-9-17/h5-12,15-16H,4,13-14H2,1-3H3,(H,25,27,28)/p+1. The number of hydrogen-bond donors (Lipinski definition) is 2. The summed E-state index contributed by atoms with van der Waals surface area (Å²) in [5.74, 6) is 2.10. The smallest absolute Gasteiger partial charge is 0.310 e. The second-order valence-corrected chi connectivity index (χ2v) is 8.06. The van der Waals surface area contributed by atoms with Crippen molar-refractivity contribution in [2.24, 2.45) is 0 Å². The number of nitrogens with zero attached hydrogens (tertiary/aromatic N) is 4. The zero-order valence-corrected chi connectivity index (χ0v) is 18.9. The second-order valence-electron chi connectivity index (χ2n) is 8.06. The number of rotatable bonds is 9. The summed E-state index contributed by atoms with van der Waals surface area (Å²) in [5.41, 5.74) is 3.34. The molecule has 2 aromatic heterocycles. The molecule has 0 aliphatic heterocycles. The van der Waals surface area contributed by atoms with Crippen LogP contribution in [0.15, 0.2) is 54.9 Å². The molecule has 0 atom stereocenters. The summed E-state index contributed by atoms with van der Waals surface area (Å²) in [6, 6.07) is 14.5. The minimum absolute atomic E-state index is 0.0627. The highest BCUT2D eigenvalue weighted by molar-refractivity contribution is 5.80. The molecule has 0 bridgehead atoms. The predicted octanol–water partition coefficient (Wildman–Crippen LogP) is 4.34. The lowest BCUT2D eigenvalue weighted by Crippen LogP contribution is -2.36. The number of aromatic nitrogens is 4. The summed E-state index contributed by atoms with van der Waals surface area (Å²) in [5, 5.41) is 14.8. The zero-order chi connectivity index (χ0) is 23.4. The minimum atomic E-state index is -0.426. The predicted molar refractivity (Wildman–Crippen MR) is 125 cm³/mol. The molecule has 0 radical (unpaired) electrons. The quantitative estimate of drug-likeness (QED) is 0.224. The van der Waals surface area contributed by atoms with Gasteiger partial charge < -0.3 is 15.0 Å². The fourth-order valence-corrected chi connectivity index (χ4v) is 3.55. The van der Waals surface area contributed by atoms with Gasteiger partial charge >= 0.3 is 5.69 Å². The molecule has 0 aliphatic carbocycles. The van der Waals surface area contributed by atoms with Crippen molar-refractivity contribution in [2.45, 2.75) is 39.8 Å². The van der Waals surface area contributed by atoms with E-state index in [1.54, 1.807) is 18.5 Å². The van der Waals surface area contributed by atoms with E-state index in [0.717, 1.165) is 40.5 Å². The van der Waals surface area contributed by atoms with E-state index in [4.69, 9.17) is 9.72 Å². The van der Waals surface area contributed by atoms with E-state index in [2.05, 4.69) is 29.1 Å². The molecule has 4 aromatic rings. The van der Waals surface area contributed by atoms with E-state index in [0.29, 0.717) is 6.54 Å². The van der Waals surface area contributed by atoms with Crippen molar-refractivity contribution in [3.05, 3.63) is 81.9 Å². The van der Waals surface area contributed by atoms with Crippen molar-refractivity contribution in [3.63, 3.8) is 0 Å². The van der Waals surface area contributed by atoms with E-state index in [1.807, 2.05) is 41.8 Å². The monoisotopic (exact) mass is 447 g/mol. The van der Waals surface area contributed by atoms with Crippen LogP contribution in [0.2, 0.25) is 0 Å². The Kier molecular flexibility index (Phi) is 6.48. The third kappa shape index (κ3) is 4.92. The maximum absolute atomic E-state index is 11.5. The summed E-state index contributed by atoms with van der Waals surface area (Å²) in [7, 11) is 0. The number of benzene rings is 2. The third-order valence-corrected chi connectivity index (χ3v) is 5.24. The number of fused-ring (bicyclic) bond motifs is 1. The molecule has 9 heteroatoms. The first kappa shape index (κ1) is 22.2. The summed E-state index contributed by atoms with van der Waals surface area (Å²) in [6.07, 6.45) is 1.73. The molecule has 9 nitrogen and oxygen atoms in total. The largest absolute Gasteiger partial charge is 0.482 e. The molecular formula is C24H27N6O3+. The van der Waals surface area contributed by atoms with Gasteiger partial charge in [0.2, 0.25) is 12.1 Å². The molecule has 2 N–H and O–H groups in total. The lowest BCUT2D eigenvalue weighted by molar-refractivity contribution is -0.667. The van der Waals surface area contributed by atoms with E-state index in [1.165, 1.54) is 6.07 Å². The molecule has 0 unspecified atom stereocenters. The topological polar surface area (TPSA) is 110 Å². The Balaban J connectivity index is 1.67. The second kappa shape index (κ2) is 9.64. The number of nitro benzene ring substituents is 1. The molecule has 0 spiro atoms. The summed E-state index contributed by atoms with van der Waals surface area (Å²) >= 11 is 0. The lowest BCUT2D eigenvalue weighted by Gasteiger charge is -2.09. The van der Waals surface area contributed by atoms with E-state index in [-0.39, 0.29) is 24.0 Å². The molecule has 2 heterocycles. The first-order valence-corrected chi connectivity index (χ1v) is 10.9. The van der Waals surface area contributed by atoms with Gasteiger partial charge in [0.25, 0.3) is 5.65 Å². The van der Waals surface area contributed by atoms with Crippen molar-refractivity contribution >= 4 is 22.7 Å². The van der Waals surface area contributed by atoms with Crippen LogP contribution in [0.1, 0.15) is 43.6 Å². The third-order valence-electron chi connectivity index (χ3n) is 5.24. The van der Waals surface area contributed by atoms with Crippen LogP contribution in [0.4, 0.5) is 11.5 Å². The Morgan fingerprint density at radius 1 is 1.18 bits per heavy atom. The van der Waals surface area contributed by atoms with Gasteiger partial charge in [-0.1, -0.05) is 54.1 Å². The Hall–Kier alpha value is -4.01. The van der Waals surface area contributed by atoms with Gasteiger partial charge in [-0.25, -0.2) is 4.57 Å². The molecule has 0 fully saturated rings. The van der Waals surface area contributed by atoms with Crippen LogP contribution in [0.3, 0.4) is 0 Å². The number of imidazole rings is 1. The number of ether oxygens (including phenoxy) is 1. The molecule has 0 aliphatic rings. The van der Waals surface area contributed by atoms with Crippen LogP contribution in [0.25, 0.3) is 11.2 Å². The molecule has 170 valence electrons. The summed E-state index contributed by atoms with van der Waals surface area (Å²) in [4.78, 5) is 23.8. The highest BCUT2D eigenvalue weighted by Gasteiger charge is 2.22. The summed E-state index contributed by atoms with van der Waals surface area (Å²) < 4.78 is 7.77. The Bertz CT molecular complexity index is 1270. The molecular weight excluding hydrogens is 420 g/mol. The highest BCUT2D eigenvalue weighted by atomic mass is 16.6. The minimum Gasteiger partial charge on any atom is -0.482 e. The van der Waals surface area contributed by atoms with Gasteiger partial charge in [0.05, 0.1) is 11.5 Å². The average molecular weight is 448 g/mol. The number of H-pyrrole nitrogens is 1. The Labute approximate surface area is 191 Å². The SMILES string of the molecule is CCNc1nc[n+](Cc2ccc([N+](=O)[O-])c(OCc3ccccc3)c2)c2nc(C(C)C)[nH]c12. The van der Waals surface area contributed by atoms with E-state index < -0.39 is 4.92 Å². The van der Waals surface area contributed by atoms with Gasteiger partial charge in [0.1, 0.15) is 6.61 Å². The normalized spacial score (nSPS) is 11.2. The van der Waals surface area contributed by atoms with Crippen LogP contribution in [-0.4, -0.2) is 26.4 Å². The van der Waals surface area contributed by atoms with Crippen LogP contribution >= 0.6 is 0 Å². The maximum Gasteiger partial charge on any atom is 0.310 e. The average Bonchev–Trinajstić information content (AvgIpc) is 3.27. The number of hydrogen-bond acceptors (Lipinski definition) is 6. The lowest BCUT2D eigenvalue weighted by atomic mass is 10.2. The molecule has 33 heavy (non-hydrogen) atoms. The van der Waals surface area contributed by atoms with E-state index >= 15 is 0 Å². The molecule has 4 rings (SSSR count). The molecule has 0 amide bonds. The van der Waals surface area contributed by atoms with Crippen LogP contribution in [0.5, 0.6) is 5.75 Å². The highest BCUT2D eigenvalue weighted by Crippen LogP contribution is 2.29. The fourth-order valence-electron chi connectivity index (χ4n) is 3.55. The maximum atomic E-state index is 11.5. The van der Waals surface area contributed by atoms with E-state index in [9.17, 15) is 10.1 Å². The number of nitro groups is 1. The van der Waals surface area contributed by atoms with Crippen molar-refractivity contribution in [2.75, 3.05) is 11.9 Å². The molecule has 0 saturated heterocycles. The van der Waals surface area contributed by atoms with Gasteiger partial charge in [-0.15, -0.1) is 0 Å². The number of anilines is 1. The van der Waals surface area contributed by atoms with Crippen LogP contribution in [0, 0.1) is 10.1 Å². The molecule has 0 saturated carbocycles. The van der Waals surface area contributed by atoms with Crippen LogP contribution in [-0.2, 0) is 13.2 Å². The summed E-state index contributed by atoms with van der Waals surface area (Å²) in [6.45, 7) is 7.61. The number of aromatic amines is 1. The first-order valence-electron chi connectivity index (χ1n) is 10.9. The van der Waals surface area contributed by atoms with Gasteiger partial charge in [-0.05, 0) is 30.2 Å². The Morgan fingerprint density at radius 2 is 1.97 bits per heavy atom. The molecule has 2 aromatic carbocycles. The van der Waals surface area contributed by atoms with Gasteiger partial charge in [0, 0.05) is 18.5 Å². The van der Waals surface area contributed by atoms with Crippen LogP contribution < -0.4 is 14.6 Å². The van der Waals surface area contributed by atoms with Gasteiger partial charge in [-0.2, -0.15) is 0 Å². The van der Waals surface area contributed by atoms with Crippen molar-refractivity contribution in [1.82, 2.24) is 15.0 Å². The fraction of sp³-hybridized carbons (Fsp3) is 0.292.